The molecular weight excluding hydrogens is 342 g/mol. The summed E-state index contributed by atoms with van der Waals surface area (Å²) in [6.07, 6.45) is 0.771. The molecule has 9 heteroatoms. The van der Waals surface area contributed by atoms with Crippen LogP contribution in [0.3, 0.4) is 0 Å². The van der Waals surface area contributed by atoms with Crippen molar-refractivity contribution in [1.82, 2.24) is 14.9 Å². The van der Waals surface area contributed by atoms with E-state index in [2.05, 4.69) is 10.6 Å². The molecule has 0 saturated heterocycles. The van der Waals surface area contributed by atoms with Crippen molar-refractivity contribution in [2.45, 2.75) is 18.2 Å². The van der Waals surface area contributed by atoms with E-state index in [4.69, 9.17) is 0 Å². The van der Waals surface area contributed by atoms with Crippen molar-refractivity contribution in [3.63, 3.8) is 0 Å². The first-order valence-corrected chi connectivity index (χ1v) is 8.51. The van der Waals surface area contributed by atoms with Gasteiger partial charge in [0.05, 0.1) is 5.56 Å². The van der Waals surface area contributed by atoms with E-state index in [-0.39, 0.29) is 40.9 Å². The molecule has 1 aromatic carbocycles. The van der Waals surface area contributed by atoms with Crippen LogP contribution in [0.1, 0.15) is 34.1 Å². The summed E-state index contributed by atoms with van der Waals surface area (Å²) >= 11 is 0. The van der Waals surface area contributed by atoms with Gasteiger partial charge in [0.15, 0.2) is 0 Å². The van der Waals surface area contributed by atoms with Gasteiger partial charge in [-0.1, -0.05) is 0 Å². The van der Waals surface area contributed by atoms with E-state index in [0.717, 1.165) is 17.3 Å². The highest BCUT2D eigenvalue weighted by Crippen LogP contribution is 2.30. The molecular formula is C14H20ClN3O4S. The summed E-state index contributed by atoms with van der Waals surface area (Å²) in [5, 5.41) is 5.68. The second-order valence-corrected chi connectivity index (χ2v) is 6.73. The lowest BCUT2D eigenvalue weighted by Gasteiger charge is -2.11. The predicted octanol–water partition coefficient (Wildman–Crippen LogP) is 0.612. The Morgan fingerprint density at radius 1 is 1.26 bits per heavy atom. The maximum Gasteiger partial charge on any atom is 0.268 e. The average molecular weight is 362 g/mol. The Morgan fingerprint density at radius 2 is 1.96 bits per heavy atom. The van der Waals surface area contributed by atoms with Crippen LogP contribution in [0, 0.1) is 0 Å². The number of hydrogen-bond donors (Lipinski definition) is 2. The second-order valence-electron chi connectivity index (χ2n) is 4.90. The lowest BCUT2D eigenvalue weighted by atomic mass is 10.1. The van der Waals surface area contributed by atoms with Crippen LogP contribution < -0.4 is 10.6 Å². The summed E-state index contributed by atoms with van der Waals surface area (Å²) in [5.74, 6) is -0.894. The molecule has 0 spiro atoms. The van der Waals surface area contributed by atoms with Gasteiger partial charge < -0.3 is 10.6 Å². The van der Waals surface area contributed by atoms with E-state index in [1.165, 1.54) is 18.2 Å². The highest BCUT2D eigenvalue weighted by molar-refractivity contribution is 7.90. The van der Waals surface area contributed by atoms with Gasteiger partial charge in [-0.3, -0.25) is 9.59 Å². The molecule has 7 nitrogen and oxygen atoms in total. The molecule has 1 heterocycles. The van der Waals surface area contributed by atoms with Gasteiger partial charge in [0.1, 0.15) is 4.90 Å². The molecule has 0 aromatic heterocycles. The van der Waals surface area contributed by atoms with Crippen molar-refractivity contribution >= 4 is 34.2 Å². The molecule has 128 valence electrons. The first kappa shape index (κ1) is 19.4. The Balaban J connectivity index is 0.00000264. The topological polar surface area (TPSA) is 95.6 Å². The summed E-state index contributed by atoms with van der Waals surface area (Å²) in [6.45, 7) is 2.93. The molecule has 1 aliphatic heterocycles. The van der Waals surface area contributed by atoms with Gasteiger partial charge in [-0.05, 0) is 45.1 Å². The quantitative estimate of drug-likeness (QED) is 0.724. The van der Waals surface area contributed by atoms with E-state index >= 15 is 0 Å². The second kappa shape index (κ2) is 7.76. The third kappa shape index (κ3) is 3.65. The van der Waals surface area contributed by atoms with Gasteiger partial charge in [-0.15, -0.1) is 12.4 Å². The summed E-state index contributed by atoms with van der Waals surface area (Å²) in [6, 6.07) is 4.14. The predicted molar refractivity (Wildman–Crippen MR) is 88.5 cm³/mol. The van der Waals surface area contributed by atoms with Crippen LogP contribution in [0.4, 0.5) is 0 Å². The maximum absolute atomic E-state index is 12.3. The maximum atomic E-state index is 12.3. The highest BCUT2D eigenvalue weighted by atomic mass is 35.5. The number of nitrogens with zero attached hydrogens (tertiary/aromatic N) is 1. The minimum atomic E-state index is -3.84. The monoisotopic (exact) mass is 361 g/mol. The van der Waals surface area contributed by atoms with Crippen LogP contribution in [0.5, 0.6) is 0 Å². The fourth-order valence-electron chi connectivity index (χ4n) is 2.30. The lowest BCUT2D eigenvalue weighted by Crippen LogP contribution is -2.29. The Bertz CT molecular complexity index is 706. The van der Waals surface area contributed by atoms with E-state index < -0.39 is 15.9 Å². The van der Waals surface area contributed by atoms with Gasteiger partial charge in [0, 0.05) is 18.7 Å². The van der Waals surface area contributed by atoms with Gasteiger partial charge in [0.25, 0.3) is 21.8 Å². The lowest BCUT2D eigenvalue weighted by molar-refractivity contribution is 0.0874. The number of hydrogen-bond acceptors (Lipinski definition) is 5. The molecule has 0 fully saturated rings. The zero-order valence-electron chi connectivity index (χ0n) is 13.0. The highest BCUT2D eigenvalue weighted by Gasteiger charge is 2.40. The molecule has 1 aromatic rings. The van der Waals surface area contributed by atoms with E-state index in [9.17, 15) is 18.0 Å². The first-order chi connectivity index (χ1) is 10.4. The van der Waals surface area contributed by atoms with Crippen LogP contribution in [0.2, 0.25) is 0 Å². The molecule has 0 saturated carbocycles. The van der Waals surface area contributed by atoms with E-state index in [1.807, 2.05) is 7.05 Å². The van der Waals surface area contributed by atoms with Crippen LogP contribution in [-0.2, 0) is 10.0 Å². The Labute approximate surface area is 141 Å². The van der Waals surface area contributed by atoms with E-state index in [1.54, 1.807) is 6.92 Å². The van der Waals surface area contributed by atoms with Crippen molar-refractivity contribution in [2.24, 2.45) is 0 Å². The number of halogens is 1. The van der Waals surface area contributed by atoms with Crippen molar-refractivity contribution in [3.05, 3.63) is 29.3 Å². The van der Waals surface area contributed by atoms with Crippen LogP contribution in [-0.4, -0.2) is 51.2 Å². The van der Waals surface area contributed by atoms with Gasteiger partial charge >= 0.3 is 0 Å². The molecule has 0 aliphatic carbocycles. The Hall–Kier alpha value is -1.64. The fraction of sp³-hybridized carbons (Fsp3) is 0.429. The zero-order chi connectivity index (χ0) is 16.3. The minimum Gasteiger partial charge on any atom is -0.352 e. The van der Waals surface area contributed by atoms with Crippen molar-refractivity contribution in [3.8, 4) is 0 Å². The molecule has 2 rings (SSSR count). The standard InChI is InChI=1S/C14H19N3O4S.ClH/c1-3-17-14(19)11-6-5-10(9-12(11)22(17,20)21)13(18)16-8-4-7-15-2;/h5-6,9,15H,3-4,7-8H2,1-2H3,(H,16,18);1H. The van der Waals surface area contributed by atoms with Gasteiger partial charge in [-0.25, -0.2) is 12.7 Å². The molecule has 2 N–H and O–H groups in total. The number of nitrogens with one attached hydrogen (secondary N) is 2. The number of rotatable bonds is 6. The summed E-state index contributed by atoms with van der Waals surface area (Å²) in [4.78, 5) is 23.9. The van der Waals surface area contributed by atoms with E-state index in [0.29, 0.717) is 6.54 Å². The smallest absolute Gasteiger partial charge is 0.268 e. The fourth-order valence-corrected chi connectivity index (χ4v) is 3.90. The third-order valence-corrected chi connectivity index (χ3v) is 5.34. The van der Waals surface area contributed by atoms with Crippen LogP contribution in [0.15, 0.2) is 23.1 Å². The first-order valence-electron chi connectivity index (χ1n) is 7.07. The van der Waals surface area contributed by atoms with Crippen molar-refractivity contribution in [1.29, 1.82) is 0 Å². The molecule has 0 radical (unpaired) electrons. The van der Waals surface area contributed by atoms with Crippen molar-refractivity contribution < 1.29 is 18.0 Å². The molecule has 0 unspecified atom stereocenters. The molecule has 0 bridgehead atoms. The Morgan fingerprint density at radius 3 is 2.57 bits per heavy atom. The summed E-state index contributed by atoms with van der Waals surface area (Å²) in [7, 11) is -2.01. The minimum absolute atomic E-state index is 0. The van der Waals surface area contributed by atoms with Crippen molar-refractivity contribution in [2.75, 3.05) is 26.7 Å². The molecule has 1 aliphatic rings. The Kier molecular flexibility index (Phi) is 6.55. The van der Waals surface area contributed by atoms with Gasteiger partial charge in [-0.2, -0.15) is 0 Å². The number of amides is 2. The van der Waals surface area contributed by atoms with Gasteiger partial charge in [0.2, 0.25) is 0 Å². The number of sulfonamides is 1. The number of carbonyl (C=O) groups excluding carboxylic acids is 2. The number of benzene rings is 1. The normalized spacial score (nSPS) is 15.0. The number of fused-ring (bicyclic) bond motifs is 1. The van der Waals surface area contributed by atoms with Crippen LogP contribution >= 0.6 is 12.4 Å². The SMILES string of the molecule is CCN1C(=O)c2ccc(C(=O)NCCCNC)cc2S1(=O)=O.Cl. The molecule has 0 atom stereocenters. The largest absolute Gasteiger partial charge is 0.352 e. The zero-order valence-corrected chi connectivity index (χ0v) is 14.6. The molecule has 23 heavy (non-hydrogen) atoms. The average Bonchev–Trinajstić information content (AvgIpc) is 2.69. The molecule has 2 amide bonds. The third-order valence-electron chi connectivity index (χ3n) is 3.45. The number of carbonyl (C=O) groups is 2. The van der Waals surface area contributed by atoms with Crippen LogP contribution in [0.25, 0.3) is 0 Å². The summed E-state index contributed by atoms with van der Waals surface area (Å²) < 4.78 is 25.3. The summed E-state index contributed by atoms with van der Waals surface area (Å²) in [5.41, 5.74) is 0.353.